The fourth-order valence-corrected chi connectivity index (χ4v) is 2.95. The number of carbonyl (C=O) groups is 2. The summed E-state index contributed by atoms with van der Waals surface area (Å²) in [4.78, 5) is 24.4. The van der Waals surface area contributed by atoms with Gasteiger partial charge in [0, 0.05) is 46.8 Å². The van der Waals surface area contributed by atoms with Gasteiger partial charge < -0.3 is 10.6 Å². The summed E-state index contributed by atoms with van der Waals surface area (Å²) in [5.74, 6) is -0.00872. The van der Waals surface area contributed by atoms with Crippen LogP contribution in [0.15, 0.2) is 84.2 Å². The fourth-order valence-electron chi connectivity index (χ4n) is 2.95. The van der Waals surface area contributed by atoms with Gasteiger partial charge in [-0.15, -0.1) is 0 Å². The van der Waals surface area contributed by atoms with Gasteiger partial charge in [-0.3, -0.25) is 9.59 Å². The van der Waals surface area contributed by atoms with E-state index in [1.807, 2.05) is 74.5 Å². The Morgan fingerprint density at radius 3 is 1.48 bits per heavy atom. The van der Waals surface area contributed by atoms with Crippen LogP contribution in [-0.4, -0.2) is 23.7 Å². The molecule has 0 aromatic heterocycles. The van der Waals surface area contributed by atoms with Gasteiger partial charge in [-0.1, -0.05) is 60.7 Å². The number of carbonyl (C=O) groups excluding carboxylic acids is 2. The molecule has 4 nitrogen and oxygen atoms in total. The first kappa shape index (κ1) is 18.6. The van der Waals surface area contributed by atoms with Crippen LogP contribution in [0.25, 0.3) is 0 Å². The average Bonchev–Trinajstić information content (AvgIpc) is 3.39. The molecule has 1 aliphatic carbocycles. The molecule has 2 N–H and O–H groups in total. The molecule has 27 heavy (non-hydrogen) atoms. The quantitative estimate of drug-likeness (QED) is 0.554. The third kappa shape index (κ3) is 5.42. The van der Waals surface area contributed by atoms with E-state index in [0.717, 1.165) is 17.8 Å². The third-order valence-corrected chi connectivity index (χ3v) is 4.43. The van der Waals surface area contributed by atoms with E-state index in [1.54, 1.807) is 12.2 Å². The van der Waals surface area contributed by atoms with Gasteiger partial charge in [0.05, 0.1) is 0 Å². The largest absolute Gasteiger partial charge is 0.384 e. The predicted octanol–water partition coefficient (Wildman–Crippen LogP) is 3.88. The second kappa shape index (κ2) is 8.49. The molecule has 0 heterocycles. The van der Waals surface area contributed by atoms with E-state index in [2.05, 4.69) is 10.6 Å². The van der Waals surface area contributed by atoms with E-state index in [9.17, 15) is 9.59 Å². The number of rotatable bonds is 8. The Labute approximate surface area is 160 Å². The van der Waals surface area contributed by atoms with Crippen LogP contribution >= 0.6 is 0 Å². The smallest absolute Gasteiger partial charge is 0.187 e. The molecule has 0 bridgehead atoms. The molecule has 2 aromatic carbocycles. The van der Waals surface area contributed by atoms with Crippen molar-refractivity contribution in [3.05, 3.63) is 95.3 Å². The molecule has 0 unspecified atom stereocenters. The van der Waals surface area contributed by atoms with Crippen molar-refractivity contribution < 1.29 is 9.59 Å². The summed E-state index contributed by atoms with van der Waals surface area (Å²) in [6, 6.07) is 19.0. The van der Waals surface area contributed by atoms with Gasteiger partial charge >= 0.3 is 0 Å². The number of benzene rings is 2. The molecule has 0 amide bonds. The predicted molar refractivity (Wildman–Crippen MR) is 108 cm³/mol. The number of ketones is 2. The highest BCUT2D eigenvalue weighted by Gasteiger charge is 2.37. The minimum atomic E-state index is -0.00436. The average molecular weight is 360 g/mol. The van der Waals surface area contributed by atoms with Crippen LogP contribution in [0.2, 0.25) is 0 Å². The number of allylic oxidation sites excluding steroid dienone is 4. The first-order chi connectivity index (χ1) is 13.0. The lowest BCUT2D eigenvalue weighted by Gasteiger charge is -2.09. The molecule has 4 heteroatoms. The van der Waals surface area contributed by atoms with Crippen LogP contribution in [0.1, 0.15) is 41.0 Å². The Bertz CT molecular complexity index is 796. The molecule has 3 rings (SSSR count). The zero-order valence-corrected chi connectivity index (χ0v) is 15.6. The van der Waals surface area contributed by atoms with Crippen LogP contribution in [-0.2, 0) is 0 Å². The van der Waals surface area contributed by atoms with Crippen molar-refractivity contribution in [2.24, 2.45) is 0 Å². The molecule has 2 atom stereocenters. The van der Waals surface area contributed by atoms with Gasteiger partial charge in [0.25, 0.3) is 0 Å². The van der Waals surface area contributed by atoms with Gasteiger partial charge in [-0.2, -0.15) is 0 Å². The highest BCUT2D eigenvalue weighted by Crippen LogP contribution is 2.23. The topological polar surface area (TPSA) is 58.2 Å². The summed E-state index contributed by atoms with van der Waals surface area (Å²) in [7, 11) is 0. The Kier molecular flexibility index (Phi) is 5.87. The molecule has 0 saturated heterocycles. The van der Waals surface area contributed by atoms with E-state index < -0.39 is 0 Å². The van der Waals surface area contributed by atoms with Gasteiger partial charge in [-0.25, -0.2) is 0 Å². The molecule has 2 aromatic rings. The molecule has 1 fully saturated rings. The SMILES string of the molecule is C/C(=C\C(=O)c1ccccc1)N[C@H]1C[C@H]1N/C(C)=C/C(=O)c1ccccc1. The molecule has 0 radical (unpaired) electrons. The van der Waals surface area contributed by atoms with Crippen molar-refractivity contribution in [2.45, 2.75) is 32.4 Å². The van der Waals surface area contributed by atoms with Gasteiger partial charge in [-0.05, 0) is 20.3 Å². The summed E-state index contributed by atoms with van der Waals surface area (Å²) in [6.45, 7) is 3.80. The Balaban J connectivity index is 1.49. The normalized spacial score (nSPS) is 19.3. The van der Waals surface area contributed by atoms with Crippen LogP contribution < -0.4 is 10.6 Å². The molecule has 1 aliphatic rings. The maximum atomic E-state index is 12.2. The summed E-state index contributed by atoms with van der Waals surface area (Å²) < 4.78 is 0. The summed E-state index contributed by atoms with van der Waals surface area (Å²) in [5.41, 5.74) is 3.06. The van der Waals surface area contributed by atoms with Crippen LogP contribution in [0.4, 0.5) is 0 Å². The van der Waals surface area contributed by atoms with Gasteiger partial charge in [0.15, 0.2) is 11.6 Å². The van der Waals surface area contributed by atoms with E-state index in [0.29, 0.717) is 11.1 Å². The summed E-state index contributed by atoms with van der Waals surface area (Å²) in [5, 5.41) is 6.72. The van der Waals surface area contributed by atoms with Crippen molar-refractivity contribution >= 4 is 11.6 Å². The molecular weight excluding hydrogens is 336 g/mol. The highest BCUT2D eigenvalue weighted by atomic mass is 16.1. The van der Waals surface area contributed by atoms with Gasteiger partial charge in [0.2, 0.25) is 0 Å². The minimum Gasteiger partial charge on any atom is -0.384 e. The Hall–Kier alpha value is -3.14. The van der Waals surface area contributed by atoms with E-state index in [1.165, 1.54) is 0 Å². The van der Waals surface area contributed by atoms with Crippen molar-refractivity contribution in [3.63, 3.8) is 0 Å². The minimum absolute atomic E-state index is 0.00436. The monoisotopic (exact) mass is 360 g/mol. The lowest BCUT2D eigenvalue weighted by atomic mass is 10.1. The Morgan fingerprint density at radius 2 is 1.11 bits per heavy atom. The summed E-state index contributed by atoms with van der Waals surface area (Å²) in [6.07, 6.45) is 4.22. The maximum Gasteiger partial charge on any atom is 0.187 e. The lowest BCUT2D eigenvalue weighted by Crippen LogP contribution is -2.26. The molecule has 1 saturated carbocycles. The van der Waals surface area contributed by atoms with E-state index >= 15 is 0 Å². The first-order valence-electron chi connectivity index (χ1n) is 9.11. The number of nitrogens with one attached hydrogen (secondary N) is 2. The molecule has 0 spiro atoms. The second-order valence-corrected chi connectivity index (χ2v) is 6.85. The number of hydrogen-bond acceptors (Lipinski definition) is 4. The lowest BCUT2D eigenvalue weighted by molar-refractivity contribution is 0.103. The highest BCUT2D eigenvalue weighted by molar-refractivity contribution is 6.05. The van der Waals surface area contributed by atoms with Crippen molar-refractivity contribution in [3.8, 4) is 0 Å². The molecule has 138 valence electrons. The van der Waals surface area contributed by atoms with Gasteiger partial charge in [0.1, 0.15) is 0 Å². The molecular formula is C23H24N2O2. The van der Waals surface area contributed by atoms with Crippen LogP contribution in [0.5, 0.6) is 0 Å². The first-order valence-corrected chi connectivity index (χ1v) is 9.11. The Morgan fingerprint density at radius 1 is 0.741 bits per heavy atom. The van der Waals surface area contributed by atoms with E-state index in [4.69, 9.17) is 0 Å². The van der Waals surface area contributed by atoms with Crippen LogP contribution in [0.3, 0.4) is 0 Å². The third-order valence-electron chi connectivity index (χ3n) is 4.43. The van der Waals surface area contributed by atoms with Crippen molar-refractivity contribution in [2.75, 3.05) is 0 Å². The molecule has 0 aliphatic heterocycles. The fraction of sp³-hybridized carbons (Fsp3) is 0.217. The zero-order valence-electron chi connectivity index (χ0n) is 15.6. The standard InChI is InChI=1S/C23H24N2O2/c1-16(13-22(26)18-9-5-3-6-10-18)24-20-15-21(20)25-17(2)14-23(27)19-11-7-4-8-12-19/h3-14,20-21,24-25H,15H2,1-2H3/b16-13+,17-14+/t20-,21+. The van der Waals surface area contributed by atoms with Crippen molar-refractivity contribution in [1.82, 2.24) is 10.6 Å². The van der Waals surface area contributed by atoms with Crippen molar-refractivity contribution in [1.29, 1.82) is 0 Å². The maximum absolute atomic E-state index is 12.2. The zero-order chi connectivity index (χ0) is 19.2. The van der Waals surface area contributed by atoms with Crippen LogP contribution in [0, 0.1) is 0 Å². The summed E-state index contributed by atoms with van der Waals surface area (Å²) >= 11 is 0. The second-order valence-electron chi connectivity index (χ2n) is 6.85. The van der Waals surface area contributed by atoms with E-state index in [-0.39, 0.29) is 23.7 Å². The number of hydrogen-bond donors (Lipinski definition) is 2.